The summed E-state index contributed by atoms with van der Waals surface area (Å²) in [5, 5.41) is 0. The maximum absolute atomic E-state index is 6.12. The Morgan fingerprint density at radius 1 is 1.21 bits per heavy atom. The van der Waals surface area contributed by atoms with E-state index in [1.165, 1.54) is 25.7 Å². The Kier molecular flexibility index (Phi) is 3.79. The van der Waals surface area contributed by atoms with Crippen molar-refractivity contribution in [3.8, 4) is 0 Å². The summed E-state index contributed by atoms with van der Waals surface area (Å²) >= 11 is 0. The van der Waals surface area contributed by atoms with Crippen LogP contribution >= 0.6 is 0 Å². The van der Waals surface area contributed by atoms with E-state index in [0.29, 0.717) is 13.2 Å². The molecule has 0 spiro atoms. The lowest BCUT2D eigenvalue weighted by molar-refractivity contribution is -0.0989. The van der Waals surface area contributed by atoms with Gasteiger partial charge >= 0.3 is 0 Å². The summed E-state index contributed by atoms with van der Waals surface area (Å²) in [6.45, 7) is 2.13. The van der Waals surface area contributed by atoms with Crippen LogP contribution in [0.25, 0.3) is 0 Å². The monoisotopic (exact) mass is 199 g/mol. The van der Waals surface area contributed by atoms with Gasteiger partial charge in [0.1, 0.15) is 0 Å². The second kappa shape index (κ2) is 5.10. The molecule has 1 aliphatic carbocycles. The van der Waals surface area contributed by atoms with E-state index in [4.69, 9.17) is 15.2 Å². The average Bonchev–Trinajstić information content (AvgIpc) is 2.72. The van der Waals surface area contributed by atoms with Crippen LogP contribution < -0.4 is 5.73 Å². The van der Waals surface area contributed by atoms with Crippen LogP contribution in [0.3, 0.4) is 0 Å². The molecule has 0 bridgehead atoms. The third-order valence-electron chi connectivity index (χ3n) is 3.40. The molecule has 82 valence electrons. The molecule has 1 heterocycles. The first-order valence-corrected chi connectivity index (χ1v) is 5.81. The van der Waals surface area contributed by atoms with Crippen molar-refractivity contribution in [2.45, 2.75) is 44.2 Å². The lowest BCUT2D eigenvalue weighted by Crippen LogP contribution is -2.44. The summed E-state index contributed by atoms with van der Waals surface area (Å²) in [5.74, 6) is 0.843. The van der Waals surface area contributed by atoms with Crippen molar-refractivity contribution in [1.29, 1.82) is 0 Å². The summed E-state index contributed by atoms with van der Waals surface area (Å²) in [6, 6.07) is 0.179. The van der Waals surface area contributed by atoms with Gasteiger partial charge in [-0.1, -0.05) is 25.7 Å². The van der Waals surface area contributed by atoms with Crippen molar-refractivity contribution in [1.82, 2.24) is 0 Å². The highest BCUT2D eigenvalue weighted by molar-refractivity contribution is 4.80. The molecule has 2 aliphatic rings. The number of hydrogen-bond acceptors (Lipinski definition) is 3. The quantitative estimate of drug-likeness (QED) is 0.745. The van der Waals surface area contributed by atoms with E-state index < -0.39 is 0 Å². The first-order valence-electron chi connectivity index (χ1n) is 5.81. The highest BCUT2D eigenvalue weighted by Crippen LogP contribution is 2.29. The van der Waals surface area contributed by atoms with Crippen LogP contribution in [0.15, 0.2) is 0 Å². The molecule has 2 N–H and O–H groups in total. The van der Waals surface area contributed by atoms with Gasteiger partial charge < -0.3 is 15.2 Å². The van der Waals surface area contributed by atoms with Crippen molar-refractivity contribution in [2.24, 2.45) is 11.7 Å². The van der Waals surface area contributed by atoms with Crippen molar-refractivity contribution in [3.63, 3.8) is 0 Å². The molecular formula is C11H21NO2. The van der Waals surface area contributed by atoms with Crippen LogP contribution in [-0.2, 0) is 9.47 Å². The molecule has 14 heavy (non-hydrogen) atoms. The molecule has 2 rings (SSSR count). The Hall–Kier alpha value is -0.120. The highest BCUT2D eigenvalue weighted by Gasteiger charge is 2.26. The molecule has 1 aliphatic heterocycles. The van der Waals surface area contributed by atoms with Crippen LogP contribution in [-0.4, -0.2) is 32.0 Å². The molecule has 3 nitrogen and oxygen atoms in total. The molecule has 1 saturated carbocycles. The van der Waals surface area contributed by atoms with E-state index in [0.717, 1.165) is 18.9 Å². The zero-order chi connectivity index (χ0) is 9.80. The van der Waals surface area contributed by atoms with Crippen LogP contribution in [0, 0.1) is 5.92 Å². The zero-order valence-corrected chi connectivity index (χ0v) is 8.78. The van der Waals surface area contributed by atoms with Gasteiger partial charge in [-0.3, -0.25) is 0 Å². The van der Waals surface area contributed by atoms with E-state index in [9.17, 15) is 0 Å². The fourth-order valence-corrected chi connectivity index (χ4v) is 2.54. The molecule has 2 unspecified atom stereocenters. The molecule has 3 heteroatoms. The Bertz CT molecular complexity index is 163. The zero-order valence-electron chi connectivity index (χ0n) is 8.78. The summed E-state index contributed by atoms with van der Waals surface area (Å²) in [7, 11) is 0. The molecule has 0 aromatic rings. The maximum Gasteiger partial charge on any atom is 0.0960 e. The Labute approximate surface area is 85.9 Å². The predicted molar refractivity (Wildman–Crippen MR) is 55.1 cm³/mol. The molecular weight excluding hydrogens is 178 g/mol. The van der Waals surface area contributed by atoms with Crippen LogP contribution in [0.2, 0.25) is 0 Å². The first-order chi connectivity index (χ1) is 6.86. The number of hydrogen-bond donors (Lipinski definition) is 1. The minimum atomic E-state index is 0.143. The Morgan fingerprint density at radius 3 is 2.64 bits per heavy atom. The SMILES string of the molecule is NC(CC1CCCC1)C1COCCO1. The average molecular weight is 199 g/mol. The van der Waals surface area contributed by atoms with Gasteiger partial charge in [0.25, 0.3) is 0 Å². The molecule has 0 aromatic heterocycles. The fourth-order valence-electron chi connectivity index (χ4n) is 2.54. The van der Waals surface area contributed by atoms with E-state index in [1.54, 1.807) is 0 Å². The molecule has 2 atom stereocenters. The minimum absolute atomic E-state index is 0.143. The lowest BCUT2D eigenvalue weighted by atomic mass is 9.96. The normalized spacial score (nSPS) is 31.9. The van der Waals surface area contributed by atoms with Gasteiger partial charge in [0.15, 0.2) is 0 Å². The Morgan fingerprint density at radius 2 is 2.00 bits per heavy atom. The largest absolute Gasteiger partial charge is 0.376 e. The molecule has 1 saturated heterocycles. The fraction of sp³-hybridized carbons (Fsp3) is 1.00. The first kappa shape index (κ1) is 10.4. The standard InChI is InChI=1S/C11H21NO2/c12-10(7-9-3-1-2-4-9)11-8-13-5-6-14-11/h9-11H,1-8,12H2. The van der Waals surface area contributed by atoms with Gasteiger partial charge in [-0.25, -0.2) is 0 Å². The van der Waals surface area contributed by atoms with Gasteiger partial charge in [-0.05, 0) is 12.3 Å². The maximum atomic E-state index is 6.12. The van der Waals surface area contributed by atoms with E-state index >= 15 is 0 Å². The summed E-state index contributed by atoms with van der Waals surface area (Å²) in [6.07, 6.45) is 6.76. The topological polar surface area (TPSA) is 44.5 Å². The number of nitrogens with two attached hydrogens (primary N) is 1. The van der Waals surface area contributed by atoms with Gasteiger partial charge in [-0.15, -0.1) is 0 Å². The van der Waals surface area contributed by atoms with Crippen molar-refractivity contribution >= 4 is 0 Å². The van der Waals surface area contributed by atoms with E-state index in [2.05, 4.69) is 0 Å². The van der Waals surface area contributed by atoms with E-state index in [1.807, 2.05) is 0 Å². The molecule has 0 radical (unpaired) electrons. The van der Waals surface area contributed by atoms with Crippen molar-refractivity contribution in [3.05, 3.63) is 0 Å². The van der Waals surface area contributed by atoms with Gasteiger partial charge in [0.05, 0.1) is 25.9 Å². The summed E-state index contributed by atoms with van der Waals surface area (Å²) in [4.78, 5) is 0. The predicted octanol–water partition coefficient (Wildman–Crippen LogP) is 1.31. The van der Waals surface area contributed by atoms with Crippen LogP contribution in [0.4, 0.5) is 0 Å². The smallest absolute Gasteiger partial charge is 0.0960 e. The second-order valence-corrected chi connectivity index (χ2v) is 4.53. The van der Waals surface area contributed by atoms with Crippen molar-refractivity contribution < 1.29 is 9.47 Å². The molecule has 0 amide bonds. The summed E-state index contributed by atoms with van der Waals surface area (Å²) < 4.78 is 11.0. The molecule has 0 aromatic carbocycles. The summed E-state index contributed by atoms with van der Waals surface area (Å²) in [5.41, 5.74) is 6.12. The Balaban J connectivity index is 1.72. The van der Waals surface area contributed by atoms with Gasteiger partial charge in [0.2, 0.25) is 0 Å². The lowest BCUT2D eigenvalue weighted by Gasteiger charge is -2.29. The second-order valence-electron chi connectivity index (χ2n) is 4.53. The minimum Gasteiger partial charge on any atom is -0.376 e. The van der Waals surface area contributed by atoms with Crippen molar-refractivity contribution in [2.75, 3.05) is 19.8 Å². The third-order valence-corrected chi connectivity index (χ3v) is 3.40. The molecule has 2 fully saturated rings. The van der Waals surface area contributed by atoms with Gasteiger partial charge in [0, 0.05) is 6.04 Å². The van der Waals surface area contributed by atoms with Gasteiger partial charge in [-0.2, -0.15) is 0 Å². The van der Waals surface area contributed by atoms with E-state index in [-0.39, 0.29) is 12.1 Å². The number of ether oxygens (including phenoxy) is 2. The van der Waals surface area contributed by atoms with Crippen LogP contribution in [0.5, 0.6) is 0 Å². The number of rotatable bonds is 3. The third kappa shape index (κ3) is 2.69. The highest BCUT2D eigenvalue weighted by atomic mass is 16.6. The van der Waals surface area contributed by atoms with Crippen LogP contribution in [0.1, 0.15) is 32.1 Å².